The van der Waals surface area contributed by atoms with E-state index in [2.05, 4.69) is 41.8 Å². The first kappa shape index (κ1) is 11.0. The fraction of sp³-hybridized carbons (Fsp3) is 0.714. The van der Waals surface area contributed by atoms with Crippen molar-refractivity contribution in [2.45, 2.75) is 51.6 Å². The van der Waals surface area contributed by atoms with Gasteiger partial charge in [0.2, 0.25) is 0 Å². The van der Waals surface area contributed by atoms with E-state index in [4.69, 9.17) is 0 Å². The Morgan fingerprint density at radius 3 is 3.06 bits per heavy atom. The summed E-state index contributed by atoms with van der Waals surface area (Å²) in [6.07, 6.45) is 9.95. The molecule has 3 rings (SSSR count). The molecule has 1 N–H and O–H groups in total. The van der Waals surface area contributed by atoms with Crippen molar-refractivity contribution in [1.82, 2.24) is 4.98 Å². The Balaban J connectivity index is 2.03. The molecule has 92 valence electrons. The van der Waals surface area contributed by atoms with Gasteiger partial charge in [0.1, 0.15) is 24.0 Å². The monoisotopic (exact) mass is 232 g/mol. The second kappa shape index (κ2) is 3.69. The molecule has 0 bridgehead atoms. The van der Waals surface area contributed by atoms with Gasteiger partial charge >= 0.3 is 0 Å². The van der Waals surface area contributed by atoms with Crippen LogP contribution in [0.3, 0.4) is 0 Å². The fourth-order valence-electron chi connectivity index (χ4n) is 3.73. The number of fused-ring (bicyclic) bond motifs is 2. The predicted molar refractivity (Wildman–Crippen MR) is 67.7 cm³/mol. The normalized spacial score (nSPS) is 34.4. The molecule has 1 aliphatic carbocycles. The van der Waals surface area contributed by atoms with Crippen LogP contribution in [0.15, 0.2) is 18.6 Å². The lowest BCUT2D eigenvalue weighted by molar-refractivity contribution is -0.759. The molecule has 0 amide bonds. The van der Waals surface area contributed by atoms with Gasteiger partial charge in [0.15, 0.2) is 0 Å². The minimum Gasteiger partial charge on any atom is -0.270 e. The number of hydrogen-bond donors (Lipinski definition) is 1. The average Bonchev–Trinajstić information content (AvgIpc) is 2.28. The van der Waals surface area contributed by atoms with Crippen molar-refractivity contribution < 1.29 is 4.57 Å². The number of nitrogens with one attached hydrogen (secondary N) is 1. The van der Waals surface area contributed by atoms with Gasteiger partial charge in [0.25, 0.3) is 5.82 Å². The second-order valence-electron chi connectivity index (χ2n) is 6.26. The molecule has 3 atom stereocenters. The SMILES string of the molecule is C[C@@H]1CCC2C(C1)Nc1cncc[n+]1C2(C)C. The van der Waals surface area contributed by atoms with Crippen LogP contribution in [-0.2, 0) is 5.54 Å². The van der Waals surface area contributed by atoms with Crippen molar-refractivity contribution in [2.24, 2.45) is 11.8 Å². The highest BCUT2D eigenvalue weighted by atomic mass is 15.2. The average molecular weight is 232 g/mol. The van der Waals surface area contributed by atoms with Gasteiger partial charge in [0.05, 0.1) is 6.20 Å². The predicted octanol–water partition coefficient (Wildman–Crippen LogP) is 2.33. The number of rotatable bonds is 0. The van der Waals surface area contributed by atoms with Crippen LogP contribution in [0.4, 0.5) is 5.82 Å². The van der Waals surface area contributed by atoms with Crippen molar-refractivity contribution in [3.8, 4) is 0 Å². The highest BCUT2D eigenvalue weighted by Crippen LogP contribution is 2.40. The van der Waals surface area contributed by atoms with Crippen LogP contribution in [0.5, 0.6) is 0 Å². The molecule has 2 unspecified atom stereocenters. The van der Waals surface area contributed by atoms with Gasteiger partial charge in [-0.3, -0.25) is 10.3 Å². The molecule has 2 heterocycles. The van der Waals surface area contributed by atoms with Crippen LogP contribution in [0, 0.1) is 11.8 Å². The highest BCUT2D eigenvalue weighted by Gasteiger charge is 2.49. The summed E-state index contributed by atoms with van der Waals surface area (Å²) in [6.45, 7) is 7.10. The van der Waals surface area contributed by atoms with Gasteiger partial charge in [-0.1, -0.05) is 6.92 Å². The zero-order valence-corrected chi connectivity index (χ0v) is 11.0. The van der Waals surface area contributed by atoms with E-state index in [-0.39, 0.29) is 5.54 Å². The topological polar surface area (TPSA) is 28.8 Å². The lowest BCUT2D eigenvalue weighted by Gasteiger charge is -2.44. The smallest absolute Gasteiger partial charge is 0.270 e. The molecule has 2 aliphatic rings. The third-order valence-electron chi connectivity index (χ3n) is 4.73. The summed E-state index contributed by atoms with van der Waals surface area (Å²) in [6, 6.07) is 0.623. The van der Waals surface area contributed by atoms with E-state index in [1.807, 2.05) is 12.4 Å². The van der Waals surface area contributed by atoms with E-state index >= 15 is 0 Å². The summed E-state index contributed by atoms with van der Waals surface area (Å²) >= 11 is 0. The molecule has 0 aromatic carbocycles. The van der Waals surface area contributed by atoms with Crippen molar-refractivity contribution >= 4 is 5.82 Å². The van der Waals surface area contributed by atoms with Crippen LogP contribution in [0.2, 0.25) is 0 Å². The number of nitrogens with zero attached hydrogens (tertiary/aromatic N) is 2. The largest absolute Gasteiger partial charge is 0.293 e. The molecule has 0 spiro atoms. The summed E-state index contributed by atoms with van der Waals surface area (Å²) in [5.74, 6) is 2.76. The van der Waals surface area contributed by atoms with Crippen LogP contribution in [0.25, 0.3) is 0 Å². The molecule has 17 heavy (non-hydrogen) atoms. The molecule has 1 fully saturated rings. The summed E-state index contributed by atoms with van der Waals surface area (Å²) in [7, 11) is 0. The molecular formula is C14H22N3+. The van der Waals surface area contributed by atoms with Gasteiger partial charge in [-0.2, -0.15) is 0 Å². The van der Waals surface area contributed by atoms with Crippen molar-refractivity contribution in [1.29, 1.82) is 0 Å². The molecule has 0 radical (unpaired) electrons. The minimum atomic E-state index is 0.203. The Morgan fingerprint density at radius 2 is 2.24 bits per heavy atom. The van der Waals surface area contributed by atoms with Gasteiger partial charge in [-0.15, -0.1) is 0 Å². The Bertz CT molecular complexity index is 427. The van der Waals surface area contributed by atoms with Crippen LogP contribution in [-0.4, -0.2) is 11.0 Å². The third kappa shape index (κ3) is 1.63. The van der Waals surface area contributed by atoms with E-state index in [0.29, 0.717) is 6.04 Å². The first-order chi connectivity index (χ1) is 8.09. The molecule has 1 aromatic rings. The van der Waals surface area contributed by atoms with E-state index in [1.54, 1.807) is 0 Å². The fourth-order valence-corrected chi connectivity index (χ4v) is 3.73. The number of hydrogen-bond acceptors (Lipinski definition) is 2. The zero-order valence-electron chi connectivity index (χ0n) is 11.0. The van der Waals surface area contributed by atoms with Crippen LogP contribution in [0.1, 0.15) is 40.0 Å². The van der Waals surface area contributed by atoms with E-state index in [9.17, 15) is 0 Å². The van der Waals surface area contributed by atoms with Gasteiger partial charge < -0.3 is 0 Å². The maximum absolute atomic E-state index is 4.24. The quantitative estimate of drug-likeness (QED) is 0.696. The highest BCUT2D eigenvalue weighted by molar-refractivity contribution is 5.29. The molecule has 0 saturated heterocycles. The Hall–Kier alpha value is -1.12. The molecule has 3 heteroatoms. The van der Waals surface area contributed by atoms with Crippen molar-refractivity contribution in [3.63, 3.8) is 0 Å². The lowest BCUT2D eigenvalue weighted by Crippen LogP contribution is -2.66. The third-order valence-corrected chi connectivity index (χ3v) is 4.73. The summed E-state index contributed by atoms with van der Waals surface area (Å²) in [4.78, 5) is 4.24. The Kier molecular flexibility index (Phi) is 2.39. The first-order valence-corrected chi connectivity index (χ1v) is 6.71. The van der Waals surface area contributed by atoms with Crippen molar-refractivity contribution in [2.75, 3.05) is 5.32 Å². The maximum atomic E-state index is 4.24. The summed E-state index contributed by atoms with van der Waals surface area (Å²) in [5.41, 5.74) is 0.203. The zero-order chi connectivity index (χ0) is 12.0. The van der Waals surface area contributed by atoms with Gasteiger partial charge in [0, 0.05) is 5.92 Å². The van der Waals surface area contributed by atoms with Gasteiger partial charge in [-0.25, -0.2) is 4.57 Å². The molecule has 3 nitrogen and oxygen atoms in total. The molecular weight excluding hydrogens is 210 g/mol. The first-order valence-electron chi connectivity index (χ1n) is 6.71. The maximum Gasteiger partial charge on any atom is 0.293 e. The van der Waals surface area contributed by atoms with E-state index in [0.717, 1.165) is 11.8 Å². The van der Waals surface area contributed by atoms with Crippen LogP contribution < -0.4 is 9.88 Å². The van der Waals surface area contributed by atoms with Crippen molar-refractivity contribution in [3.05, 3.63) is 18.6 Å². The number of aromatic nitrogens is 2. The molecule has 1 saturated carbocycles. The van der Waals surface area contributed by atoms with E-state index < -0.39 is 0 Å². The standard InChI is InChI=1S/C14H21N3/c1-10-4-5-11-12(8-10)16-13-9-15-6-7-17(13)14(11,2)3/h6-7,9-12H,4-5,8H2,1-3H3/p+1/t10-,11?,12?/m1/s1. The second-order valence-corrected chi connectivity index (χ2v) is 6.26. The van der Waals surface area contributed by atoms with Crippen LogP contribution >= 0.6 is 0 Å². The summed E-state index contributed by atoms with van der Waals surface area (Å²) < 4.78 is 2.36. The summed E-state index contributed by atoms with van der Waals surface area (Å²) in [5, 5.41) is 3.69. The molecule has 1 aliphatic heterocycles. The number of anilines is 1. The Labute approximate surface area is 103 Å². The van der Waals surface area contributed by atoms with E-state index in [1.165, 1.54) is 25.1 Å². The Morgan fingerprint density at radius 1 is 1.41 bits per heavy atom. The van der Waals surface area contributed by atoms with Gasteiger partial charge in [-0.05, 0) is 39.0 Å². The lowest BCUT2D eigenvalue weighted by atomic mass is 9.69. The molecule has 1 aromatic heterocycles. The minimum absolute atomic E-state index is 0.203.